The summed E-state index contributed by atoms with van der Waals surface area (Å²) in [6, 6.07) is 15.4. The molecule has 0 fully saturated rings. The SMILES string of the molecule is O.O=C(Cc1ccccc1)NCC(=O)N[C@@H](Cc1c[nH]c2ccccc12)C(=O)[O-].[Na+]. The molecule has 1 atom stereocenters. The number of aromatic amines is 1. The van der Waals surface area contributed by atoms with Crippen LogP contribution in [-0.2, 0) is 27.2 Å². The normalized spacial score (nSPS) is 10.9. The molecule has 0 aliphatic rings. The van der Waals surface area contributed by atoms with Crippen LogP contribution in [0, 0.1) is 0 Å². The maximum atomic E-state index is 12.1. The van der Waals surface area contributed by atoms with Crippen LogP contribution in [-0.4, -0.2) is 40.8 Å². The van der Waals surface area contributed by atoms with E-state index in [9.17, 15) is 19.5 Å². The van der Waals surface area contributed by atoms with E-state index in [0.29, 0.717) is 0 Å². The summed E-state index contributed by atoms with van der Waals surface area (Å²) in [7, 11) is 0. The summed E-state index contributed by atoms with van der Waals surface area (Å²) in [5.41, 5.74) is 2.47. The van der Waals surface area contributed by atoms with Gasteiger partial charge in [-0.3, -0.25) is 9.59 Å². The number of carboxylic acids is 1. The van der Waals surface area contributed by atoms with E-state index in [0.717, 1.165) is 22.0 Å². The van der Waals surface area contributed by atoms with Gasteiger partial charge in [0.15, 0.2) is 0 Å². The zero-order valence-electron chi connectivity index (χ0n) is 16.6. The number of carbonyl (C=O) groups is 3. The van der Waals surface area contributed by atoms with Crippen LogP contribution in [0.5, 0.6) is 0 Å². The van der Waals surface area contributed by atoms with E-state index in [2.05, 4.69) is 15.6 Å². The fraction of sp³-hybridized carbons (Fsp3) is 0.190. The van der Waals surface area contributed by atoms with Crippen molar-refractivity contribution in [3.63, 3.8) is 0 Å². The first-order chi connectivity index (χ1) is 13.5. The number of carboxylic acid groups (broad SMARTS) is 1. The van der Waals surface area contributed by atoms with Crippen LogP contribution in [0.3, 0.4) is 0 Å². The molecule has 2 amide bonds. The van der Waals surface area contributed by atoms with E-state index in [-0.39, 0.29) is 60.3 Å². The minimum absolute atomic E-state index is 0. The number of para-hydroxylation sites is 1. The Morgan fingerprint density at radius 1 is 0.967 bits per heavy atom. The van der Waals surface area contributed by atoms with Crippen molar-refractivity contribution in [1.82, 2.24) is 15.6 Å². The monoisotopic (exact) mass is 419 g/mol. The topological polar surface area (TPSA) is 146 Å². The Labute approximate surface area is 195 Å². The molecule has 1 aromatic heterocycles. The number of carbonyl (C=O) groups excluding carboxylic acids is 3. The van der Waals surface area contributed by atoms with Crippen molar-refractivity contribution in [3.8, 4) is 0 Å². The molecule has 3 aromatic rings. The van der Waals surface area contributed by atoms with Gasteiger partial charge in [-0.05, 0) is 17.2 Å². The molecule has 3 rings (SSSR count). The van der Waals surface area contributed by atoms with Gasteiger partial charge in [0.25, 0.3) is 0 Å². The first-order valence-electron chi connectivity index (χ1n) is 8.89. The number of H-pyrrole nitrogens is 1. The van der Waals surface area contributed by atoms with Crippen LogP contribution >= 0.6 is 0 Å². The molecule has 0 bridgehead atoms. The minimum Gasteiger partial charge on any atom is -0.548 e. The number of aromatic nitrogens is 1. The molecule has 152 valence electrons. The molecule has 0 aliphatic carbocycles. The maximum absolute atomic E-state index is 12.1. The smallest absolute Gasteiger partial charge is 0.548 e. The molecule has 0 radical (unpaired) electrons. The quantitative estimate of drug-likeness (QED) is 0.325. The average molecular weight is 419 g/mol. The summed E-state index contributed by atoms with van der Waals surface area (Å²) in [6.45, 7) is -0.302. The van der Waals surface area contributed by atoms with Crippen LogP contribution in [0.1, 0.15) is 11.1 Å². The van der Waals surface area contributed by atoms with E-state index in [1.165, 1.54) is 0 Å². The van der Waals surface area contributed by atoms with Crippen molar-refractivity contribution in [3.05, 3.63) is 71.9 Å². The van der Waals surface area contributed by atoms with E-state index >= 15 is 0 Å². The third kappa shape index (κ3) is 7.00. The molecule has 0 spiro atoms. The van der Waals surface area contributed by atoms with Crippen LogP contribution < -0.4 is 45.3 Å². The van der Waals surface area contributed by atoms with E-state index in [1.807, 2.05) is 54.6 Å². The number of rotatable bonds is 8. The molecule has 5 N–H and O–H groups in total. The number of benzene rings is 2. The Balaban J connectivity index is 0.00000225. The Kier molecular flexibility index (Phi) is 10.3. The third-order valence-electron chi connectivity index (χ3n) is 4.37. The molecule has 0 saturated heterocycles. The summed E-state index contributed by atoms with van der Waals surface area (Å²) in [5, 5.41) is 17.2. The largest absolute Gasteiger partial charge is 1.00 e. The van der Waals surface area contributed by atoms with Crippen LogP contribution in [0.2, 0.25) is 0 Å². The number of hydrogen-bond donors (Lipinski definition) is 3. The number of aliphatic carboxylic acids is 1. The second-order valence-corrected chi connectivity index (χ2v) is 6.44. The zero-order valence-corrected chi connectivity index (χ0v) is 18.6. The van der Waals surface area contributed by atoms with Crippen molar-refractivity contribution >= 4 is 28.7 Å². The van der Waals surface area contributed by atoms with Gasteiger partial charge >= 0.3 is 29.6 Å². The Bertz CT molecular complexity index is 990. The van der Waals surface area contributed by atoms with Crippen molar-refractivity contribution in [2.24, 2.45) is 0 Å². The van der Waals surface area contributed by atoms with Crippen molar-refractivity contribution in [1.29, 1.82) is 0 Å². The fourth-order valence-electron chi connectivity index (χ4n) is 2.98. The molecule has 30 heavy (non-hydrogen) atoms. The van der Waals surface area contributed by atoms with Crippen LogP contribution in [0.15, 0.2) is 60.8 Å². The van der Waals surface area contributed by atoms with Gasteiger partial charge in [-0.2, -0.15) is 0 Å². The minimum atomic E-state index is -1.38. The molecule has 1 heterocycles. The number of fused-ring (bicyclic) bond motifs is 1. The van der Waals surface area contributed by atoms with Gasteiger partial charge in [-0.15, -0.1) is 0 Å². The average Bonchev–Trinajstić information content (AvgIpc) is 3.09. The van der Waals surface area contributed by atoms with Crippen molar-refractivity contribution in [2.45, 2.75) is 18.9 Å². The second-order valence-electron chi connectivity index (χ2n) is 6.44. The van der Waals surface area contributed by atoms with Crippen LogP contribution in [0.25, 0.3) is 10.9 Å². The Morgan fingerprint density at radius 2 is 1.63 bits per heavy atom. The molecule has 0 unspecified atom stereocenters. The van der Waals surface area contributed by atoms with E-state index < -0.39 is 17.9 Å². The molecule has 0 saturated carbocycles. The number of nitrogens with one attached hydrogen (secondary N) is 3. The first-order valence-corrected chi connectivity index (χ1v) is 8.89. The second kappa shape index (κ2) is 12.1. The zero-order chi connectivity index (χ0) is 19.9. The summed E-state index contributed by atoms with van der Waals surface area (Å²) in [5.74, 6) is -2.28. The van der Waals surface area contributed by atoms with E-state index in [4.69, 9.17) is 0 Å². The van der Waals surface area contributed by atoms with Gasteiger partial charge in [0.2, 0.25) is 11.8 Å². The predicted molar refractivity (Wildman–Crippen MR) is 106 cm³/mol. The van der Waals surface area contributed by atoms with Crippen LogP contribution in [0.4, 0.5) is 0 Å². The molecular formula is C21H22N3NaO5. The Morgan fingerprint density at radius 3 is 2.33 bits per heavy atom. The van der Waals surface area contributed by atoms with Gasteiger partial charge in [-0.1, -0.05) is 48.5 Å². The van der Waals surface area contributed by atoms with Gasteiger partial charge < -0.3 is 31.0 Å². The first kappa shape index (κ1) is 25.4. The summed E-state index contributed by atoms with van der Waals surface area (Å²) >= 11 is 0. The van der Waals surface area contributed by atoms with Gasteiger partial charge in [0.1, 0.15) is 0 Å². The standard InChI is InChI=1S/C21H21N3O4.Na.H2O/c25-19(10-14-6-2-1-3-7-14)23-13-20(26)24-18(21(27)28)11-15-12-22-17-9-5-4-8-16(15)17;;/h1-9,12,18,22H,10-11,13H2,(H,23,25)(H,24,26)(H,27,28);;1H2/q;+1;/p-1/t18-;;/m0../s1. The molecule has 0 aliphatic heterocycles. The summed E-state index contributed by atoms with van der Waals surface area (Å²) < 4.78 is 0. The van der Waals surface area contributed by atoms with Gasteiger partial charge in [0.05, 0.1) is 25.0 Å². The van der Waals surface area contributed by atoms with Crippen molar-refractivity contribution in [2.75, 3.05) is 6.54 Å². The number of hydrogen-bond acceptors (Lipinski definition) is 4. The third-order valence-corrected chi connectivity index (χ3v) is 4.37. The maximum Gasteiger partial charge on any atom is 1.00 e. The van der Waals surface area contributed by atoms with Gasteiger partial charge in [-0.25, -0.2) is 0 Å². The van der Waals surface area contributed by atoms with E-state index in [1.54, 1.807) is 6.20 Å². The molecule has 8 nitrogen and oxygen atoms in total. The fourth-order valence-corrected chi connectivity index (χ4v) is 2.98. The summed E-state index contributed by atoms with van der Waals surface area (Å²) in [6.07, 6.45) is 1.94. The summed E-state index contributed by atoms with van der Waals surface area (Å²) in [4.78, 5) is 38.5. The molecular weight excluding hydrogens is 397 g/mol. The van der Waals surface area contributed by atoms with Gasteiger partial charge in [0, 0.05) is 23.5 Å². The van der Waals surface area contributed by atoms with Crippen molar-refractivity contribution < 1.29 is 54.5 Å². The Hall–Kier alpha value is -2.65. The molecule has 2 aromatic carbocycles. The molecule has 9 heteroatoms. The predicted octanol–water partition coefficient (Wildman–Crippen LogP) is -3.52. The number of amides is 2.